The van der Waals surface area contributed by atoms with E-state index in [-0.39, 0.29) is 19.2 Å². The molecule has 1 rings (SSSR count). The number of carbonyl (C=O) groups is 1. The molecule has 0 radical (unpaired) electrons. The number of ether oxygens (including phenoxy) is 1. The molecule has 2 N–H and O–H groups in total. The molecular formula is C14H19BrN2O3. The van der Waals surface area contributed by atoms with Crippen LogP contribution in [-0.2, 0) is 0 Å². The van der Waals surface area contributed by atoms with Crippen molar-refractivity contribution in [1.29, 1.82) is 0 Å². The lowest BCUT2D eigenvalue weighted by atomic mass is 10.2. The van der Waals surface area contributed by atoms with Gasteiger partial charge >= 0.3 is 6.03 Å². The first kappa shape index (κ1) is 16.5. The number of benzene rings is 1. The summed E-state index contributed by atoms with van der Waals surface area (Å²) in [5.74, 6) is 0.577. The Kier molecular flexibility index (Phi) is 6.54. The molecule has 0 bridgehead atoms. The van der Waals surface area contributed by atoms with Crippen LogP contribution in [0.2, 0.25) is 0 Å². The van der Waals surface area contributed by atoms with Crippen LogP contribution < -0.4 is 10.1 Å². The van der Waals surface area contributed by atoms with Crippen molar-refractivity contribution in [3.63, 3.8) is 0 Å². The Bertz CT molecular complexity index is 492. The number of methoxy groups -OCH3 is 1. The number of aliphatic hydroxyl groups excluding tert-OH is 1. The van der Waals surface area contributed by atoms with Crippen molar-refractivity contribution in [2.45, 2.75) is 6.92 Å². The smallest absolute Gasteiger partial charge is 0.322 e. The quantitative estimate of drug-likeness (QED) is 0.781. The molecule has 0 aromatic heterocycles. The molecule has 0 unspecified atom stereocenters. The minimum atomic E-state index is -0.303. The van der Waals surface area contributed by atoms with E-state index in [4.69, 9.17) is 9.84 Å². The van der Waals surface area contributed by atoms with Crippen molar-refractivity contribution < 1.29 is 14.6 Å². The topological polar surface area (TPSA) is 61.8 Å². The Hall–Kier alpha value is -1.53. The van der Waals surface area contributed by atoms with Crippen LogP contribution in [0.15, 0.2) is 29.3 Å². The monoisotopic (exact) mass is 342 g/mol. The normalized spacial score (nSPS) is 10.0. The van der Waals surface area contributed by atoms with Crippen molar-refractivity contribution in [3.05, 3.63) is 34.8 Å². The highest BCUT2D eigenvalue weighted by atomic mass is 79.9. The zero-order chi connectivity index (χ0) is 15.1. The van der Waals surface area contributed by atoms with Gasteiger partial charge in [0, 0.05) is 17.6 Å². The Balaban J connectivity index is 2.96. The molecule has 6 heteroatoms. The van der Waals surface area contributed by atoms with Crippen LogP contribution in [0, 0.1) is 6.92 Å². The molecule has 0 aliphatic rings. The molecule has 110 valence electrons. The molecule has 0 aliphatic carbocycles. The van der Waals surface area contributed by atoms with E-state index in [9.17, 15) is 4.79 Å². The van der Waals surface area contributed by atoms with Crippen LogP contribution in [0.1, 0.15) is 5.56 Å². The third-order valence-corrected chi connectivity index (χ3v) is 3.18. The van der Waals surface area contributed by atoms with Crippen LogP contribution in [0.5, 0.6) is 5.75 Å². The van der Waals surface area contributed by atoms with E-state index in [1.54, 1.807) is 19.3 Å². The van der Waals surface area contributed by atoms with Crippen LogP contribution in [0.3, 0.4) is 0 Å². The largest absolute Gasteiger partial charge is 0.495 e. The zero-order valence-corrected chi connectivity index (χ0v) is 13.2. The summed E-state index contributed by atoms with van der Waals surface area (Å²) in [6.45, 7) is 5.99. The molecule has 2 amide bonds. The molecular weight excluding hydrogens is 324 g/mol. The Labute approximate surface area is 127 Å². The lowest BCUT2D eigenvalue weighted by molar-refractivity contribution is 0.195. The Morgan fingerprint density at radius 2 is 2.30 bits per heavy atom. The lowest BCUT2D eigenvalue weighted by Gasteiger charge is -2.22. The molecule has 0 saturated heterocycles. The van der Waals surface area contributed by atoms with Gasteiger partial charge in [-0.2, -0.15) is 0 Å². The van der Waals surface area contributed by atoms with Gasteiger partial charge in [0.2, 0.25) is 0 Å². The first-order valence-corrected chi connectivity index (χ1v) is 6.94. The molecule has 5 nitrogen and oxygen atoms in total. The fourth-order valence-electron chi connectivity index (χ4n) is 1.77. The van der Waals surface area contributed by atoms with Crippen LogP contribution >= 0.6 is 15.9 Å². The minimum Gasteiger partial charge on any atom is -0.495 e. The summed E-state index contributed by atoms with van der Waals surface area (Å²) >= 11 is 3.38. The standard InChI is InChI=1S/C14H19BrN2O3/c1-4-5-17(6-7-18)14(19)16-13-10(2)8-11(15)9-12(13)20-3/h4,8-9,18H,1,5-7H2,2-3H3,(H,16,19). The SMILES string of the molecule is C=CCN(CCO)C(=O)Nc1c(C)cc(Br)cc1OC. The number of nitrogens with zero attached hydrogens (tertiary/aromatic N) is 1. The minimum absolute atomic E-state index is 0.0995. The molecule has 0 spiro atoms. The lowest BCUT2D eigenvalue weighted by Crippen LogP contribution is -2.37. The maximum absolute atomic E-state index is 12.2. The second-order valence-corrected chi connectivity index (χ2v) is 5.10. The van der Waals surface area contributed by atoms with E-state index in [1.165, 1.54) is 4.90 Å². The summed E-state index contributed by atoms with van der Waals surface area (Å²) in [5, 5.41) is 11.8. The van der Waals surface area contributed by atoms with Gasteiger partial charge in [-0.3, -0.25) is 0 Å². The molecule has 0 saturated carbocycles. The van der Waals surface area contributed by atoms with Crippen molar-refractivity contribution in [2.75, 3.05) is 32.1 Å². The number of carbonyl (C=O) groups excluding carboxylic acids is 1. The van der Waals surface area contributed by atoms with Gasteiger partial charge in [-0.15, -0.1) is 6.58 Å². The van der Waals surface area contributed by atoms with E-state index >= 15 is 0 Å². The highest BCUT2D eigenvalue weighted by molar-refractivity contribution is 9.10. The average Bonchev–Trinajstić information content (AvgIpc) is 2.41. The number of urea groups is 1. The maximum Gasteiger partial charge on any atom is 0.322 e. The first-order valence-electron chi connectivity index (χ1n) is 6.15. The maximum atomic E-state index is 12.2. The second kappa shape index (κ2) is 7.91. The van der Waals surface area contributed by atoms with Crippen molar-refractivity contribution >= 4 is 27.6 Å². The van der Waals surface area contributed by atoms with Gasteiger partial charge in [0.05, 0.1) is 19.4 Å². The van der Waals surface area contributed by atoms with Gasteiger partial charge < -0.3 is 20.1 Å². The van der Waals surface area contributed by atoms with Gasteiger partial charge in [-0.25, -0.2) is 4.79 Å². The molecule has 0 heterocycles. The molecule has 20 heavy (non-hydrogen) atoms. The summed E-state index contributed by atoms with van der Waals surface area (Å²) in [6, 6.07) is 3.37. The summed E-state index contributed by atoms with van der Waals surface area (Å²) in [7, 11) is 1.55. The molecule has 1 aromatic rings. The summed E-state index contributed by atoms with van der Waals surface area (Å²) < 4.78 is 6.15. The molecule has 1 aromatic carbocycles. The van der Waals surface area contributed by atoms with Crippen molar-refractivity contribution in [3.8, 4) is 5.75 Å². The number of anilines is 1. The number of aliphatic hydroxyl groups is 1. The van der Waals surface area contributed by atoms with Gasteiger partial charge in [-0.05, 0) is 24.6 Å². The summed E-state index contributed by atoms with van der Waals surface area (Å²) in [6.07, 6.45) is 1.61. The second-order valence-electron chi connectivity index (χ2n) is 4.19. The predicted molar refractivity (Wildman–Crippen MR) is 83.3 cm³/mol. The van der Waals surface area contributed by atoms with Gasteiger partial charge in [0.15, 0.2) is 0 Å². The van der Waals surface area contributed by atoms with Crippen LogP contribution in [0.4, 0.5) is 10.5 Å². The van der Waals surface area contributed by atoms with Gasteiger partial charge in [0.25, 0.3) is 0 Å². The average molecular weight is 343 g/mol. The zero-order valence-electron chi connectivity index (χ0n) is 11.6. The fourth-order valence-corrected chi connectivity index (χ4v) is 2.32. The van der Waals surface area contributed by atoms with Crippen molar-refractivity contribution in [2.24, 2.45) is 0 Å². The summed E-state index contributed by atoms with van der Waals surface area (Å²) in [4.78, 5) is 13.7. The number of hydrogen-bond donors (Lipinski definition) is 2. The highest BCUT2D eigenvalue weighted by Crippen LogP contribution is 2.32. The van der Waals surface area contributed by atoms with Gasteiger partial charge in [-0.1, -0.05) is 22.0 Å². The number of nitrogens with one attached hydrogen (secondary N) is 1. The van der Waals surface area contributed by atoms with E-state index in [1.807, 2.05) is 13.0 Å². The number of amides is 2. The van der Waals surface area contributed by atoms with E-state index in [2.05, 4.69) is 27.8 Å². The molecule has 0 fully saturated rings. The molecule has 0 atom stereocenters. The van der Waals surface area contributed by atoms with E-state index < -0.39 is 0 Å². The number of halogens is 1. The Morgan fingerprint density at radius 3 is 2.85 bits per heavy atom. The van der Waals surface area contributed by atoms with E-state index in [0.717, 1.165) is 10.0 Å². The Morgan fingerprint density at radius 1 is 1.60 bits per heavy atom. The van der Waals surface area contributed by atoms with Crippen LogP contribution in [-0.4, -0.2) is 42.8 Å². The van der Waals surface area contributed by atoms with Crippen LogP contribution in [0.25, 0.3) is 0 Å². The third-order valence-electron chi connectivity index (χ3n) is 2.72. The first-order chi connectivity index (χ1) is 9.53. The number of aryl methyl sites for hydroxylation is 1. The predicted octanol–water partition coefficient (Wildman–Crippen LogP) is 2.78. The van der Waals surface area contributed by atoms with Gasteiger partial charge in [0.1, 0.15) is 5.75 Å². The van der Waals surface area contributed by atoms with Crippen molar-refractivity contribution in [1.82, 2.24) is 4.90 Å². The third kappa shape index (κ3) is 4.25. The number of hydrogen-bond acceptors (Lipinski definition) is 3. The van der Waals surface area contributed by atoms with E-state index in [0.29, 0.717) is 18.0 Å². The highest BCUT2D eigenvalue weighted by Gasteiger charge is 2.16. The number of rotatable bonds is 6. The summed E-state index contributed by atoms with van der Waals surface area (Å²) in [5.41, 5.74) is 1.50. The fraction of sp³-hybridized carbons (Fsp3) is 0.357. The molecule has 0 aliphatic heterocycles.